The third kappa shape index (κ3) is 3.28. The molecule has 0 N–H and O–H groups in total. The zero-order valence-electron chi connectivity index (χ0n) is 12.4. The largest absolute Gasteiger partial charge is 0.372 e. The lowest BCUT2D eigenvalue weighted by Crippen LogP contribution is -2.23. The fourth-order valence-corrected chi connectivity index (χ4v) is 1.88. The quantitative estimate of drug-likeness (QED) is 0.855. The van der Waals surface area contributed by atoms with Crippen LogP contribution in [0.25, 0.3) is 0 Å². The summed E-state index contributed by atoms with van der Waals surface area (Å²) in [7, 11) is 0. The van der Waals surface area contributed by atoms with E-state index in [0.29, 0.717) is 18.1 Å². The Balaban J connectivity index is 2.33. The van der Waals surface area contributed by atoms with Crippen LogP contribution < -0.4 is 0 Å². The van der Waals surface area contributed by atoms with Gasteiger partial charge in [-0.15, -0.1) is 5.10 Å². The Hall–Kier alpha value is -2.05. The molecular weight excluding hydrogens is 256 g/mol. The van der Waals surface area contributed by atoms with E-state index in [9.17, 15) is 4.79 Å². The number of aryl methyl sites for hydroxylation is 1. The van der Waals surface area contributed by atoms with Crippen molar-refractivity contribution in [3.63, 3.8) is 0 Å². The smallest absolute Gasteiger partial charge is 0.243 e. The predicted octanol–water partition coefficient (Wildman–Crippen LogP) is 1.93. The van der Waals surface area contributed by atoms with E-state index in [0.717, 1.165) is 17.5 Å². The lowest BCUT2D eigenvalue weighted by molar-refractivity contribution is 0.237. The molecule has 0 unspecified atom stereocenters. The monoisotopic (exact) mass is 276 g/mol. The number of carbonyl (C=O) groups is 1. The maximum absolute atomic E-state index is 12.3. The van der Waals surface area contributed by atoms with Gasteiger partial charge in [0.15, 0.2) is 5.82 Å². The zero-order valence-corrected chi connectivity index (χ0v) is 12.4. The molecule has 2 rings (SSSR count). The number of hydrogen-bond donors (Lipinski definition) is 0. The van der Waals surface area contributed by atoms with Crippen LogP contribution in [0.3, 0.4) is 0 Å². The molecule has 0 amide bonds. The summed E-state index contributed by atoms with van der Waals surface area (Å²) in [5.41, 5.74) is 0.0754. The molecule has 20 heavy (non-hydrogen) atoms. The first-order valence-corrected chi connectivity index (χ1v) is 6.75. The summed E-state index contributed by atoms with van der Waals surface area (Å²) < 4.78 is 2.49. The minimum absolute atomic E-state index is 0.0754. The molecule has 108 valence electrons. The maximum Gasteiger partial charge on any atom is 0.372 e. The number of hydrogen-bond acceptors (Lipinski definition) is 5. The molecule has 0 aliphatic heterocycles. The highest BCUT2D eigenvalue weighted by Gasteiger charge is 2.21. The van der Waals surface area contributed by atoms with E-state index < -0.39 is 0 Å². The lowest BCUT2D eigenvalue weighted by atomic mass is 9.92. The molecule has 0 saturated heterocycles. The van der Waals surface area contributed by atoms with E-state index in [1.165, 1.54) is 17.3 Å². The summed E-state index contributed by atoms with van der Waals surface area (Å²) in [5.74, 6) is 1.36. The van der Waals surface area contributed by atoms with Gasteiger partial charge < -0.3 is 0 Å². The van der Waals surface area contributed by atoms with E-state index >= 15 is 0 Å². The third-order valence-electron chi connectivity index (χ3n) is 2.68. The number of rotatable bonds is 3. The highest BCUT2D eigenvalue weighted by Crippen LogP contribution is 2.19. The second-order valence-electron chi connectivity index (χ2n) is 5.97. The van der Waals surface area contributed by atoms with Crippen LogP contribution in [0.2, 0.25) is 0 Å². The van der Waals surface area contributed by atoms with E-state index in [-0.39, 0.29) is 11.4 Å². The van der Waals surface area contributed by atoms with E-state index in [1.807, 2.05) is 6.92 Å². The molecule has 0 atom stereocenters. The van der Waals surface area contributed by atoms with Crippen LogP contribution in [0.1, 0.15) is 45.8 Å². The van der Waals surface area contributed by atoms with Crippen LogP contribution in [-0.2, 0) is 12.8 Å². The summed E-state index contributed by atoms with van der Waals surface area (Å²) in [5, 5.41) is 8.18. The molecule has 0 saturated carbocycles. The first kappa shape index (κ1) is 14.4. The van der Waals surface area contributed by atoms with Gasteiger partial charge in [-0.1, -0.05) is 27.7 Å². The van der Waals surface area contributed by atoms with Gasteiger partial charge in [0.25, 0.3) is 0 Å². The highest BCUT2D eigenvalue weighted by atomic mass is 16.2. The van der Waals surface area contributed by atoms with Crippen LogP contribution in [0.15, 0.2) is 12.7 Å². The van der Waals surface area contributed by atoms with Gasteiger partial charge in [-0.3, -0.25) is 0 Å². The van der Waals surface area contributed by atoms with Gasteiger partial charge in [0.1, 0.15) is 18.5 Å². The Morgan fingerprint density at radius 1 is 1.35 bits per heavy atom. The van der Waals surface area contributed by atoms with Crippen molar-refractivity contribution in [2.75, 3.05) is 0 Å². The SMILES string of the molecule is CCCc1nc(CC(C)(C)C)nn1C(=O)n1cncn1. The molecule has 0 fully saturated rings. The van der Waals surface area contributed by atoms with Crippen LogP contribution in [0, 0.1) is 5.41 Å². The Labute approximate surface area is 118 Å². The molecular formula is C13H20N6O. The summed E-state index contributed by atoms with van der Waals surface area (Å²) in [4.78, 5) is 20.6. The summed E-state index contributed by atoms with van der Waals surface area (Å²) in [6, 6.07) is -0.349. The first-order valence-electron chi connectivity index (χ1n) is 6.75. The Kier molecular flexibility index (Phi) is 3.96. The summed E-state index contributed by atoms with van der Waals surface area (Å²) in [6.07, 6.45) is 5.02. The predicted molar refractivity (Wildman–Crippen MR) is 73.4 cm³/mol. The van der Waals surface area contributed by atoms with Crippen molar-refractivity contribution < 1.29 is 4.79 Å². The van der Waals surface area contributed by atoms with Crippen molar-refractivity contribution in [2.45, 2.75) is 47.0 Å². The normalized spacial score (nSPS) is 11.8. The number of aromatic nitrogens is 6. The Morgan fingerprint density at radius 3 is 2.65 bits per heavy atom. The van der Waals surface area contributed by atoms with Gasteiger partial charge in [0.05, 0.1) is 0 Å². The molecule has 0 aliphatic rings. The van der Waals surface area contributed by atoms with Crippen molar-refractivity contribution in [3.8, 4) is 0 Å². The van der Waals surface area contributed by atoms with Crippen LogP contribution in [-0.4, -0.2) is 35.6 Å². The fourth-order valence-electron chi connectivity index (χ4n) is 1.88. The summed E-state index contributed by atoms with van der Waals surface area (Å²) in [6.45, 7) is 8.40. The Morgan fingerprint density at radius 2 is 2.10 bits per heavy atom. The number of carbonyl (C=O) groups excluding carboxylic acids is 1. The van der Waals surface area contributed by atoms with Crippen molar-refractivity contribution in [3.05, 3.63) is 24.3 Å². The molecule has 0 spiro atoms. The average Bonchev–Trinajstić information content (AvgIpc) is 2.96. The second-order valence-corrected chi connectivity index (χ2v) is 5.97. The van der Waals surface area contributed by atoms with Gasteiger partial charge >= 0.3 is 6.03 Å². The van der Waals surface area contributed by atoms with Crippen molar-refractivity contribution >= 4 is 6.03 Å². The van der Waals surface area contributed by atoms with Gasteiger partial charge in [-0.2, -0.15) is 14.5 Å². The van der Waals surface area contributed by atoms with Gasteiger partial charge in [0, 0.05) is 12.8 Å². The molecule has 7 nitrogen and oxygen atoms in total. The van der Waals surface area contributed by atoms with E-state index in [1.54, 1.807) is 0 Å². The highest BCUT2D eigenvalue weighted by molar-refractivity contribution is 5.77. The molecule has 2 heterocycles. The molecule has 0 aliphatic carbocycles. The average molecular weight is 276 g/mol. The molecule has 2 aromatic rings. The zero-order chi connectivity index (χ0) is 14.8. The van der Waals surface area contributed by atoms with Crippen molar-refractivity contribution in [1.82, 2.24) is 29.5 Å². The van der Waals surface area contributed by atoms with Crippen LogP contribution in [0.5, 0.6) is 0 Å². The van der Waals surface area contributed by atoms with E-state index in [2.05, 4.69) is 40.9 Å². The van der Waals surface area contributed by atoms with Crippen molar-refractivity contribution in [1.29, 1.82) is 0 Å². The third-order valence-corrected chi connectivity index (χ3v) is 2.68. The first-order chi connectivity index (χ1) is 9.40. The van der Waals surface area contributed by atoms with E-state index in [4.69, 9.17) is 0 Å². The number of nitrogens with zero attached hydrogens (tertiary/aromatic N) is 6. The molecule has 0 bridgehead atoms. The van der Waals surface area contributed by atoms with Crippen molar-refractivity contribution in [2.24, 2.45) is 5.41 Å². The Bertz CT molecular complexity index is 579. The van der Waals surface area contributed by atoms with Gasteiger partial charge in [-0.05, 0) is 11.8 Å². The standard InChI is InChI=1S/C13H20N6O/c1-5-6-11-16-10(7-13(2,3)4)17-19(11)12(20)18-9-14-8-15-18/h8-9H,5-7H2,1-4H3. The fraction of sp³-hybridized carbons (Fsp3) is 0.615. The second kappa shape index (κ2) is 5.52. The molecule has 7 heteroatoms. The molecule has 2 aromatic heterocycles. The minimum Gasteiger partial charge on any atom is -0.243 e. The summed E-state index contributed by atoms with van der Waals surface area (Å²) >= 11 is 0. The molecule has 0 radical (unpaired) electrons. The lowest BCUT2D eigenvalue weighted by Gasteiger charge is -2.14. The molecule has 0 aromatic carbocycles. The van der Waals surface area contributed by atoms with Crippen LogP contribution >= 0.6 is 0 Å². The maximum atomic E-state index is 12.3. The van der Waals surface area contributed by atoms with Crippen LogP contribution in [0.4, 0.5) is 4.79 Å². The van der Waals surface area contributed by atoms with Gasteiger partial charge in [0.2, 0.25) is 0 Å². The minimum atomic E-state index is -0.349. The topological polar surface area (TPSA) is 78.5 Å². The van der Waals surface area contributed by atoms with Gasteiger partial charge in [-0.25, -0.2) is 14.8 Å².